The molecule has 20 heteroatoms. The standard InChI is InChI=1S/C40H51F4N5O10S/c1-21-9-8-10-22(2)31(46-36(53)59-37(3,4)40(42,43)44)34(51)49-20-24(58-33-26-16-27(41)29(56-6)17-25(26)30(57-7)19-45-33)15-28(49)32(50)47-39(18-23(39)12-11-21)35(52)48-60(54,55)38(5)13-14-38/h11-12,16-17,19,21-24,28,31H,8-10,13-15,18,20H2,1-7H3,(H,46,53)(H,47,50)(H,48,52)/b12-11-/t21-,22+,23+,24+,28-,31-,39+/m0/s1. The number of nitrogens with one attached hydrogen (secondary N) is 3. The van der Waals surface area contributed by atoms with Gasteiger partial charge < -0.3 is 34.5 Å². The summed E-state index contributed by atoms with van der Waals surface area (Å²) in [6, 6.07) is -0.399. The summed E-state index contributed by atoms with van der Waals surface area (Å²) in [5.41, 5.74) is -4.63. The number of aromatic nitrogens is 1. The molecule has 0 spiro atoms. The summed E-state index contributed by atoms with van der Waals surface area (Å²) >= 11 is 0. The van der Waals surface area contributed by atoms with Crippen molar-refractivity contribution in [2.24, 2.45) is 17.8 Å². The van der Waals surface area contributed by atoms with Crippen molar-refractivity contribution in [1.29, 1.82) is 0 Å². The number of rotatable bonds is 9. The van der Waals surface area contributed by atoms with Crippen LogP contribution in [0.1, 0.15) is 79.6 Å². The molecule has 3 N–H and O–H groups in total. The smallest absolute Gasteiger partial charge is 0.427 e. The van der Waals surface area contributed by atoms with Gasteiger partial charge in [0.15, 0.2) is 11.6 Å². The summed E-state index contributed by atoms with van der Waals surface area (Å²) in [6.45, 7) is 6.07. The average Bonchev–Trinajstić information content (AvgIpc) is 4.05. The van der Waals surface area contributed by atoms with Gasteiger partial charge in [-0.1, -0.05) is 32.4 Å². The van der Waals surface area contributed by atoms with E-state index < -0.39 is 91.7 Å². The van der Waals surface area contributed by atoms with Gasteiger partial charge in [0.1, 0.15) is 29.5 Å². The van der Waals surface area contributed by atoms with Crippen molar-refractivity contribution >= 4 is 44.6 Å². The molecule has 2 aliphatic heterocycles. The molecule has 2 saturated carbocycles. The van der Waals surface area contributed by atoms with E-state index in [1.165, 1.54) is 33.4 Å². The lowest BCUT2D eigenvalue weighted by molar-refractivity contribution is -0.244. The molecule has 1 aromatic heterocycles. The second-order valence-electron chi connectivity index (χ2n) is 17.1. The molecule has 0 bridgehead atoms. The van der Waals surface area contributed by atoms with E-state index in [9.17, 15) is 40.8 Å². The van der Waals surface area contributed by atoms with Gasteiger partial charge in [-0.15, -0.1) is 0 Å². The Balaban J connectivity index is 1.37. The van der Waals surface area contributed by atoms with E-state index in [2.05, 4.69) is 20.3 Å². The van der Waals surface area contributed by atoms with Gasteiger partial charge in [-0.25, -0.2) is 22.6 Å². The molecule has 0 unspecified atom stereocenters. The van der Waals surface area contributed by atoms with Crippen LogP contribution in [0.5, 0.6) is 17.4 Å². The molecule has 7 atom stereocenters. The number of hydrogen-bond acceptors (Lipinski definition) is 11. The van der Waals surface area contributed by atoms with E-state index in [1.54, 1.807) is 13.0 Å². The molecule has 4 aliphatic rings. The van der Waals surface area contributed by atoms with Crippen molar-refractivity contribution in [1.82, 2.24) is 25.2 Å². The van der Waals surface area contributed by atoms with E-state index in [0.29, 0.717) is 51.3 Å². The van der Waals surface area contributed by atoms with Crippen molar-refractivity contribution in [3.63, 3.8) is 0 Å². The third-order valence-corrected chi connectivity index (χ3v) is 14.3. The zero-order valence-corrected chi connectivity index (χ0v) is 35.2. The van der Waals surface area contributed by atoms with Crippen molar-refractivity contribution in [2.45, 2.75) is 120 Å². The first-order valence-electron chi connectivity index (χ1n) is 19.8. The highest BCUT2D eigenvalue weighted by molar-refractivity contribution is 7.91. The van der Waals surface area contributed by atoms with E-state index in [1.807, 2.05) is 13.0 Å². The van der Waals surface area contributed by atoms with Crippen LogP contribution in [-0.2, 0) is 29.1 Å². The summed E-state index contributed by atoms with van der Waals surface area (Å²) in [5, 5.41) is 5.62. The number of alkyl halides is 3. The number of amides is 4. The number of allylic oxidation sites excluding steroid dienone is 1. The second-order valence-corrected chi connectivity index (χ2v) is 19.3. The number of fused-ring (bicyclic) bond motifs is 3. The Hall–Kier alpha value is -4.88. The molecule has 330 valence electrons. The number of nitrogens with zero attached hydrogens (tertiary/aromatic N) is 2. The first kappa shape index (κ1) is 44.7. The monoisotopic (exact) mass is 869 g/mol. The number of methoxy groups -OCH3 is 2. The Kier molecular flexibility index (Phi) is 12.1. The van der Waals surface area contributed by atoms with Crippen LogP contribution in [0.15, 0.2) is 30.5 Å². The van der Waals surface area contributed by atoms with E-state index in [4.69, 9.17) is 18.9 Å². The van der Waals surface area contributed by atoms with Crippen LogP contribution in [-0.4, -0.2) is 103 Å². The molecule has 2 aromatic rings. The van der Waals surface area contributed by atoms with Crippen LogP contribution in [0.25, 0.3) is 10.8 Å². The Morgan fingerprint density at radius 1 is 1.02 bits per heavy atom. The Bertz CT molecular complexity index is 2180. The molecule has 0 radical (unpaired) electrons. The summed E-state index contributed by atoms with van der Waals surface area (Å²) in [7, 11) is -1.44. The Morgan fingerprint density at radius 2 is 1.70 bits per heavy atom. The Labute approximate surface area is 345 Å². The van der Waals surface area contributed by atoms with Gasteiger partial charge in [0.25, 0.3) is 5.91 Å². The van der Waals surface area contributed by atoms with E-state index >= 15 is 4.39 Å². The minimum absolute atomic E-state index is 0.0550. The van der Waals surface area contributed by atoms with Crippen molar-refractivity contribution in [3.05, 3.63) is 36.3 Å². The van der Waals surface area contributed by atoms with Gasteiger partial charge in [-0.05, 0) is 76.8 Å². The first-order valence-corrected chi connectivity index (χ1v) is 21.2. The topological polar surface area (TPSA) is 192 Å². The highest BCUT2D eigenvalue weighted by atomic mass is 32.2. The number of sulfonamides is 1. The fraction of sp³-hybridized carbons (Fsp3) is 0.625. The van der Waals surface area contributed by atoms with Gasteiger partial charge in [0, 0.05) is 17.7 Å². The highest BCUT2D eigenvalue weighted by Gasteiger charge is 2.63. The second kappa shape index (κ2) is 16.2. The number of hydrogen-bond donors (Lipinski definition) is 3. The molecule has 3 heterocycles. The van der Waals surface area contributed by atoms with Gasteiger partial charge in [0.2, 0.25) is 33.3 Å². The number of halogens is 4. The number of benzene rings is 1. The average molecular weight is 870 g/mol. The molecule has 6 rings (SSSR count). The van der Waals surface area contributed by atoms with Crippen molar-refractivity contribution in [2.75, 3.05) is 20.8 Å². The maximum absolute atomic E-state index is 15.1. The van der Waals surface area contributed by atoms with Crippen LogP contribution in [0.2, 0.25) is 0 Å². The summed E-state index contributed by atoms with van der Waals surface area (Å²) in [4.78, 5) is 61.8. The van der Waals surface area contributed by atoms with Gasteiger partial charge in [-0.2, -0.15) is 13.2 Å². The van der Waals surface area contributed by atoms with Crippen LogP contribution < -0.4 is 29.6 Å². The quantitative estimate of drug-likeness (QED) is 0.226. The first-order chi connectivity index (χ1) is 28.0. The molecule has 60 heavy (non-hydrogen) atoms. The third-order valence-electron chi connectivity index (χ3n) is 12.2. The van der Waals surface area contributed by atoms with Gasteiger partial charge >= 0.3 is 12.3 Å². The van der Waals surface area contributed by atoms with Crippen molar-refractivity contribution < 1.29 is 64.1 Å². The minimum atomic E-state index is -4.94. The fourth-order valence-corrected chi connectivity index (χ4v) is 8.94. The highest BCUT2D eigenvalue weighted by Crippen LogP contribution is 2.48. The number of carbonyl (C=O) groups excluding carboxylic acids is 4. The number of pyridine rings is 1. The number of ether oxygens (including phenoxy) is 4. The lowest BCUT2D eigenvalue weighted by Crippen LogP contribution is -2.59. The molecular weight excluding hydrogens is 819 g/mol. The van der Waals surface area contributed by atoms with Gasteiger partial charge in [0.05, 0.1) is 37.1 Å². The normalized spacial score (nSPS) is 28.8. The van der Waals surface area contributed by atoms with Crippen LogP contribution >= 0.6 is 0 Å². The third kappa shape index (κ3) is 8.79. The SMILES string of the molecule is COc1cc2c(OC)cnc(O[C@@H]3C[C@H]4C(=O)N[C@]5(C(=O)NS(=O)(=O)C6(C)CC6)C[C@H]5/C=C\[C@@H](C)CCC[C@@H](C)[C@H](NC(=O)OC(C)(C)C(F)(F)F)C(=O)N4C3)c2cc1F. The van der Waals surface area contributed by atoms with Crippen LogP contribution in [0, 0.1) is 23.6 Å². The van der Waals surface area contributed by atoms with Crippen LogP contribution in [0.3, 0.4) is 0 Å². The summed E-state index contributed by atoms with van der Waals surface area (Å²) in [6.07, 6.45) is -0.591. The molecule has 2 aliphatic carbocycles. The fourth-order valence-electron chi connectivity index (χ4n) is 7.62. The zero-order chi connectivity index (χ0) is 44.2. The van der Waals surface area contributed by atoms with Crippen LogP contribution in [0.4, 0.5) is 22.4 Å². The number of carbonyl (C=O) groups is 4. The van der Waals surface area contributed by atoms with E-state index in [0.717, 1.165) is 11.0 Å². The van der Waals surface area contributed by atoms with Crippen molar-refractivity contribution in [3.8, 4) is 17.4 Å². The Morgan fingerprint density at radius 3 is 2.33 bits per heavy atom. The molecule has 4 amide bonds. The zero-order valence-electron chi connectivity index (χ0n) is 34.4. The van der Waals surface area contributed by atoms with Gasteiger partial charge in [-0.3, -0.25) is 19.1 Å². The molecule has 15 nitrogen and oxygen atoms in total. The largest absolute Gasteiger partial charge is 0.494 e. The lowest BCUT2D eigenvalue weighted by atomic mass is 9.92. The molecular formula is C40H51F4N5O10S. The van der Waals surface area contributed by atoms with E-state index in [-0.39, 0.29) is 48.1 Å². The summed E-state index contributed by atoms with van der Waals surface area (Å²) in [5.74, 6) is -4.66. The number of alkyl carbamates (subject to hydrolysis) is 1. The lowest BCUT2D eigenvalue weighted by Gasteiger charge is -2.33. The summed E-state index contributed by atoms with van der Waals surface area (Å²) < 4.78 is 105. The molecule has 3 fully saturated rings. The maximum Gasteiger partial charge on any atom is 0.427 e. The predicted molar refractivity (Wildman–Crippen MR) is 208 cm³/mol. The molecule has 1 saturated heterocycles. The molecule has 1 aromatic carbocycles. The maximum atomic E-state index is 15.1. The minimum Gasteiger partial charge on any atom is -0.494 e. The predicted octanol–water partition coefficient (Wildman–Crippen LogP) is 5.06.